The third kappa shape index (κ3) is 6.87. The molecular weight excluding hydrogens is 512 g/mol. The highest BCUT2D eigenvalue weighted by atomic mass is 19.1. The monoisotopic (exact) mass is 549 g/mol. The summed E-state index contributed by atoms with van der Waals surface area (Å²) in [6.45, 7) is 9.94. The molecule has 0 aromatic heterocycles. The van der Waals surface area contributed by atoms with Crippen LogP contribution < -0.4 is 15.0 Å². The number of hydrogen-bond donors (Lipinski definition) is 1. The number of ether oxygens (including phenoxy) is 2. The number of rotatable bonds is 9. The first-order valence-corrected chi connectivity index (χ1v) is 13.5. The number of hydrogen-bond acceptors (Lipinski definition) is 5. The van der Waals surface area contributed by atoms with Crippen molar-refractivity contribution in [2.75, 3.05) is 56.7 Å². The van der Waals surface area contributed by atoms with Gasteiger partial charge in [0.2, 0.25) is 6.41 Å². The highest BCUT2D eigenvalue weighted by molar-refractivity contribution is 5.95. The molecule has 2 aromatic carbocycles. The van der Waals surface area contributed by atoms with Crippen LogP contribution in [-0.2, 0) is 9.53 Å². The fraction of sp³-hybridized carbons (Fsp3) is 0.344. The van der Waals surface area contributed by atoms with Crippen LogP contribution in [0, 0.1) is 5.82 Å². The van der Waals surface area contributed by atoms with Gasteiger partial charge < -0.3 is 19.7 Å². The van der Waals surface area contributed by atoms with Gasteiger partial charge >= 0.3 is 0 Å². The smallest absolute Gasteiger partial charge is 0.211 e. The van der Waals surface area contributed by atoms with Crippen molar-refractivity contribution in [3.8, 4) is 5.75 Å². The molecule has 0 aliphatic carbocycles. The minimum absolute atomic E-state index is 0.0256. The zero-order valence-electron chi connectivity index (χ0n) is 23.5. The van der Waals surface area contributed by atoms with Crippen molar-refractivity contribution in [2.45, 2.75) is 26.8 Å². The first kappa shape index (κ1) is 29.2. The van der Waals surface area contributed by atoms with Crippen LogP contribution in [0.2, 0.25) is 0 Å². The number of carbonyl (C=O) groups excluding carboxylic acids is 1. The molecule has 2 heterocycles. The van der Waals surface area contributed by atoms with Crippen molar-refractivity contribution in [1.82, 2.24) is 4.90 Å². The molecule has 0 saturated carbocycles. The number of allylic oxidation sites excluding steroid dienone is 5. The van der Waals surface area contributed by atoms with Gasteiger partial charge in [-0.05, 0) is 73.9 Å². The Balaban J connectivity index is 1.74. The predicted octanol–water partition coefficient (Wildman–Crippen LogP) is 6.23. The Hall–Kier alpha value is -3.75. The Morgan fingerprint density at radius 2 is 1.98 bits per heavy atom. The topological polar surface area (TPSA) is 54.0 Å². The second-order valence-electron chi connectivity index (χ2n) is 10.0. The van der Waals surface area contributed by atoms with E-state index in [1.807, 2.05) is 45.2 Å². The van der Waals surface area contributed by atoms with Gasteiger partial charge in [-0.2, -0.15) is 0 Å². The summed E-state index contributed by atoms with van der Waals surface area (Å²) in [5, 5.41) is 2.85. The van der Waals surface area contributed by atoms with E-state index in [0.717, 1.165) is 44.1 Å². The normalized spacial score (nSPS) is 18.4. The van der Waals surface area contributed by atoms with Crippen molar-refractivity contribution >= 4 is 29.4 Å². The molecule has 1 unspecified atom stereocenters. The first-order valence-electron chi connectivity index (χ1n) is 13.5. The van der Waals surface area contributed by atoms with Crippen molar-refractivity contribution in [1.29, 1.82) is 0 Å². The minimum Gasteiger partial charge on any atom is -0.488 e. The lowest BCUT2D eigenvalue weighted by Crippen LogP contribution is -2.45. The van der Waals surface area contributed by atoms with E-state index in [1.54, 1.807) is 18.2 Å². The lowest BCUT2D eigenvalue weighted by Gasteiger charge is -2.35. The Kier molecular flexibility index (Phi) is 9.90. The third-order valence-corrected chi connectivity index (χ3v) is 7.40. The molecule has 40 heavy (non-hydrogen) atoms. The molecule has 2 aromatic rings. The van der Waals surface area contributed by atoms with Crippen LogP contribution in [0.1, 0.15) is 31.9 Å². The number of benzene rings is 2. The number of carbonyl (C=O) groups is 1. The lowest BCUT2D eigenvalue weighted by atomic mass is 9.92. The van der Waals surface area contributed by atoms with E-state index in [1.165, 1.54) is 18.2 Å². The summed E-state index contributed by atoms with van der Waals surface area (Å²) >= 11 is 0. The van der Waals surface area contributed by atoms with Crippen molar-refractivity contribution in [2.24, 2.45) is 0 Å². The van der Waals surface area contributed by atoms with Crippen LogP contribution in [0.3, 0.4) is 0 Å². The maximum atomic E-state index is 15.2. The molecule has 0 radical (unpaired) electrons. The Labute approximate surface area is 235 Å². The van der Waals surface area contributed by atoms with Crippen molar-refractivity contribution in [3.05, 3.63) is 88.5 Å². The third-order valence-electron chi connectivity index (χ3n) is 7.40. The summed E-state index contributed by atoms with van der Waals surface area (Å²) in [6, 6.07) is 10.4. The standard InChI is InChI=1S/C32H37F2N3O3/c1-5-6-7-29(34)28-20-40-32-18-25(33)9-10-26(32)27(23(28)3)16-24-8-11-31(30(17-24)35-21-38)36(4)22(2)19-37-12-14-39-15-13-37/h5-11,16-18,21-22H,12-15,19-20H2,1-4H3,(H,35,38)/b6-5-,27-16+,29-7+. The summed E-state index contributed by atoms with van der Waals surface area (Å²) in [5.74, 6) is -0.497. The molecule has 2 aliphatic rings. The van der Waals surface area contributed by atoms with Gasteiger partial charge in [0.15, 0.2) is 0 Å². The van der Waals surface area contributed by atoms with Crippen molar-refractivity contribution < 1.29 is 23.0 Å². The second-order valence-corrected chi connectivity index (χ2v) is 10.0. The average molecular weight is 550 g/mol. The number of nitrogens with zero attached hydrogens (tertiary/aromatic N) is 2. The summed E-state index contributed by atoms with van der Waals surface area (Å²) in [5.41, 5.74) is 4.80. The van der Waals surface area contributed by atoms with E-state index >= 15 is 4.39 Å². The number of amides is 1. The van der Waals surface area contributed by atoms with Gasteiger partial charge in [0.05, 0.1) is 24.6 Å². The number of morpholine rings is 1. The Bertz CT molecular complexity index is 1340. The quantitative estimate of drug-likeness (QED) is 0.297. The zero-order valence-corrected chi connectivity index (χ0v) is 23.5. The molecule has 6 nitrogen and oxygen atoms in total. The lowest BCUT2D eigenvalue weighted by molar-refractivity contribution is -0.105. The van der Waals surface area contributed by atoms with E-state index < -0.39 is 11.6 Å². The molecule has 2 aliphatic heterocycles. The summed E-state index contributed by atoms with van der Waals surface area (Å²) < 4.78 is 40.6. The van der Waals surface area contributed by atoms with Crippen LogP contribution in [0.25, 0.3) is 11.6 Å². The molecule has 1 amide bonds. The van der Waals surface area contributed by atoms with Crippen molar-refractivity contribution in [3.63, 3.8) is 0 Å². The summed E-state index contributed by atoms with van der Waals surface area (Å²) in [7, 11) is 2.01. The van der Waals surface area contributed by atoms with Gasteiger partial charge in [-0.25, -0.2) is 8.78 Å². The van der Waals surface area contributed by atoms with Crippen LogP contribution in [0.5, 0.6) is 5.75 Å². The molecule has 0 spiro atoms. The highest BCUT2D eigenvalue weighted by Crippen LogP contribution is 2.40. The molecule has 1 saturated heterocycles. The van der Waals surface area contributed by atoms with E-state index in [9.17, 15) is 9.18 Å². The fourth-order valence-corrected chi connectivity index (χ4v) is 4.99. The number of anilines is 2. The second kappa shape index (κ2) is 13.5. The molecule has 212 valence electrons. The van der Waals surface area contributed by atoms with Crippen LogP contribution in [0.4, 0.5) is 20.2 Å². The number of halogens is 2. The van der Waals surface area contributed by atoms with Crippen LogP contribution >= 0.6 is 0 Å². The molecule has 0 bridgehead atoms. The van der Waals surface area contributed by atoms with E-state index in [4.69, 9.17) is 9.47 Å². The average Bonchev–Trinajstić information content (AvgIpc) is 3.08. The van der Waals surface area contributed by atoms with Crippen LogP contribution in [0.15, 0.2) is 71.6 Å². The SMILES string of the molecule is C/C=C\C=C(\F)C1=C(C)/C(=C\c2ccc(N(C)C(C)CN3CCOCC3)c(NC=O)c2)c2ccc(F)cc2OC1. The fourth-order valence-electron chi connectivity index (χ4n) is 4.99. The summed E-state index contributed by atoms with van der Waals surface area (Å²) in [6.07, 6.45) is 7.35. The largest absolute Gasteiger partial charge is 0.488 e. The minimum atomic E-state index is -0.430. The molecule has 1 N–H and O–H groups in total. The van der Waals surface area contributed by atoms with Gasteiger partial charge in [-0.3, -0.25) is 9.69 Å². The Morgan fingerprint density at radius 3 is 2.70 bits per heavy atom. The van der Waals surface area contributed by atoms with Gasteiger partial charge in [-0.1, -0.05) is 18.2 Å². The first-order chi connectivity index (χ1) is 19.3. The van der Waals surface area contributed by atoms with Gasteiger partial charge in [-0.15, -0.1) is 0 Å². The van der Waals surface area contributed by atoms with Gasteiger partial charge in [0.1, 0.15) is 24.0 Å². The maximum Gasteiger partial charge on any atom is 0.211 e. The predicted molar refractivity (Wildman–Crippen MR) is 158 cm³/mol. The van der Waals surface area contributed by atoms with Gasteiger partial charge in [0.25, 0.3) is 0 Å². The highest BCUT2D eigenvalue weighted by Gasteiger charge is 2.23. The molecule has 1 fully saturated rings. The maximum absolute atomic E-state index is 15.2. The zero-order chi connectivity index (χ0) is 28.6. The number of fused-ring (bicyclic) bond motifs is 1. The number of likely N-dealkylation sites (N-methyl/N-ethyl adjacent to an activating group) is 1. The molecule has 1 atom stereocenters. The Morgan fingerprint density at radius 1 is 1.20 bits per heavy atom. The van der Waals surface area contributed by atoms with Gasteiger partial charge in [0, 0.05) is 49.9 Å². The van der Waals surface area contributed by atoms with E-state index in [2.05, 4.69) is 22.0 Å². The van der Waals surface area contributed by atoms with E-state index in [0.29, 0.717) is 40.1 Å². The molecule has 4 rings (SSSR count). The summed E-state index contributed by atoms with van der Waals surface area (Å²) in [4.78, 5) is 16.1. The molecular formula is C32H37F2N3O3. The number of nitrogens with one attached hydrogen (secondary N) is 1. The van der Waals surface area contributed by atoms with Crippen LogP contribution in [-0.4, -0.2) is 63.9 Å². The van der Waals surface area contributed by atoms with E-state index in [-0.39, 0.29) is 12.6 Å². The molecule has 8 heteroatoms.